The van der Waals surface area contributed by atoms with Crippen LogP contribution in [0.15, 0.2) is 78.9 Å². The molecule has 3 rings (SSSR count). The lowest BCUT2D eigenvalue weighted by Crippen LogP contribution is -2.50. The molecule has 0 saturated heterocycles. The van der Waals surface area contributed by atoms with Gasteiger partial charge in [0, 0.05) is 32.5 Å². The van der Waals surface area contributed by atoms with Gasteiger partial charge in [0.1, 0.15) is 6.04 Å². The Kier molecular flexibility index (Phi) is 11.3. The second kappa shape index (κ2) is 14.7. The van der Waals surface area contributed by atoms with Gasteiger partial charge in [0.25, 0.3) is 0 Å². The van der Waals surface area contributed by atoms with Crippen molar-refractivity contribution in [1.82, 2.24) is 10.2 Å². The molecule has 0 aromatic heterocycles. The molecule has 0 aliphatic heterocycles. The molecule has 3 aromatic carbocycles. The van der Waals surface area contributed by atoms with Crippen molar-refractivity contribution in [3.8, 4) is 0 Å². The molecule has 2 amide bonds. The molecule has 0 bridgehead atoms. The van der Waals surface area contributed by atoms with E-state index in [1.165, 1.54) is 10.6 Å². The van der Waals surface area contributed by atoms with Crippen LogP contribution in [-0.2, 0) is 32.6 Å². The number of anilines is 1. The van der Waals surface area contributed by atoms with Crippen LogP contribution in [0.1, 0.15) is 48.4 Å². The molecule has 8 heteroatoms. The Balaban J connectivity index is 1.87. The van der Waals surface area contributed by atoms with Crippen LogP contribution in [0.5, 0.6) is 0 Å². The Morgan fingerprint density at radius 3 is 2.15 bits per heavy atom. The molecule has 0 spiro atoms. The Morgan fingerprint density at radius 1 is 0.875 bits per heavy atom. The van der Waals surface area contributed by atoms with E-state index in [-0.39, 0.29) is 31.3 Å². The number of carbonyl (C=O) groups is 2. The highest BCUT2D eigenvalue weighted by molar-refractivity contribution is 7.92. The Hall–Kier alpha value is -3.65. The third-order valence-electron chi connectivity index (χ3n) is 6.83. The molecule has 0 heterocycles. The van der Waals surface area contributed by atoms with Crippen LogP contribution in [0.4, 0.5) is 5.69 Å². The van der Waals surface area contributed by atoms with E-state index in [4.69, 9.17) is 0 Å². The molecule has 1 N–H and O–H groups in total. The van der Waals surface area contributed by atoms with Gasteiger partial charge in [-0.25, -0.2) is 8.42 Å². The van der Waals surface area contributed by atoms with E-state index in [0.717, 1.165) is 28.7 Å². The maximum absolute atomic E-state index is 13.8. The van der Waals surface area contributed by atoms with Crippen LogP contribution in [-0.4, -0.2) is 50.5 Å². The number of amides is 2. The summed E-state index contributed by atoms with van der Waals surface area (Å²) in [7, 11) is -3.55. The van der Waals surface area contributed by atoms with Crippen molar-refractivity contribution in [1.29, 1.82) is 0 Å². The van der Waals surface area contributed by atoms with Gasteiger partial charge in [-0.2, -0.15) is 0 Å². The van der Waals surface area contributed by atoms with Gasteiger partial charge in [-0.3, -0.25) is 13.9 Å². The number of nitrogens with zero attached hydrogens (tertiary/aromatic N) is 2. The first-order chi connectivity index (χ1) is 19.1. The zero-order valence-corrected chi connectivity index (χ0v) is 24.8. The minimum Gasteiger partial charge on any atom is -0.354 e. The summed E-state index contributed by atoms with van der Waals surface area (Å²) >= 11 is 0. The summed E-state index contributed by atoms with van der Waals surface area (Å²) in [4.78, 5) is 28.9. The predicted molar refractivity (Wildman–Crippen MR) is 162 cm³/mol. The first kappa shape index (κ1) is 30.9. The van der Waals surface area contributed by atoms with Crippen molar-refractivity contribution in [2.75, 3.05) is 23.7 Å². The molecule has 0 radical (unpaired) electrons. The predicted octanol–water partition coefficient (Wildman–Crippen LogP) is 5.02. The highest BCUT2D eigenvalue weighted by Gasteiger charge is 2.30. The number of para-hydroxylation sites is 1. The number of nitrogens with one attached hydrogen (secondary N) is 1. The fourth-order valence-corrected chi connectivity index (χ4v) is 5.66. The van der Waals surface area contributed by atoms with E-state index >= 15 is 0 Å². The fraction of sp³-hybridized carbons (Fsp3) is 0.375. The molecule has 0 aliphatic rings. The molecule has 0 unspecified atom stereocenters. The van der Waals surface area contributed by atoms with Crippen molar-refractivity contribution in [3.63, 3.8) is 0 Å². The Bertz CT molecular complexity index is 1360. The van der Waals surface area contributed by atoms with Crippen molar-refractivity contribution >= 4 is 27.5 Å². The number of hydrogen-bond donors (Lipinski definition) is 1. The largest absolute Gasteiger partial charge is 0.354 e. The monoisotopic (exact) mass is 563 g/mol. The number of sulfonamides is 1. The van der Waals surface area contributed by atoms with Gasteiger partial charge in [-0.05, 0) is 49.4 Å². The van der Waals surface area contributed by atoms with Gasteiger partial charge in [-0.1, -0.05) is 85.3 Å². The van der Waals surface area contributed by atoms with Crippen LogP contribution >= 0.6 is 0 Å². The van der Waals surface area contributed by atoms with Crippen LogP contribution in [0, 0.1) is 13.8 Å². The third kappa shape index (κ3) is 8.95. The summed E-state index contributed by atoms with van der Waals surface area (Å²) in [5.41, 5.74) is 4.45. The number of aryl methyl sites for hydroxylation is 2. The van der Waals surface area contributed by atoms with E-state index in [0.29, 0.717) is 25.1 Å². The van der Waals surface area contributed by atoms with Gasteiger partial charge >= 0.3 is 0 Å². The normalized spacial score (nSPS) is 12.0. The SMILES string of the molecule is CCCNC(=O)[C@@H](Cc1ccccc1)N(Cc1ccc(C)cc1)C(=O)CCCN(c1ccccc1C)S(C)(=O)=O. The zero-order chi connectivity index (χ0) is 29.1. The van der Waals surface area contributed by atoms with Crippen molar-refractivity contribution in [2.45, 2.75) is 59.0 Å². The molecule has 1 atom stereocenters. The Labute approximate surface area is 239 Å². The average Bonchev–Trinajstić information content (AvgIpc) is 2.93. The van der Waals surface area contributed by atoms with E-state index in [1.807, 2.05) is 87.5 Å². The number of rotatable bonds is 14. The highest BCUT2D eigenvalue weighted by Crippen LogP contribution is 2.23. The van der Waals surface area contributed by atoms with E-state index in [9.17, 15) is 18.0 Å². The molecule has 3 aromatic rings. The molecule has 0 fully saturated rings. The number of carbonyl (C=O) groups excluding carboxylic acids is 2. The second-order valence-corrected chi connectivity index (χ2v) is 12.1. The summed E-state index contributed by atoms with van der Waals surface area (Å²) in [6.45, 7) is 6.83. The summed E-state index contributed by atoms with van der Waals surface area (Å²) in [6.07, 6.45) is 2.77. The van der Waals surface area contributed by atoms with Gasteiger partial charge < -0.3 is 10.2 Å². The molecule has 7 nitrogen and oxygen atoms in total. The first-order valence-corrected chi connectivity index (χ1v) is 15.6. The highest BCUT2D eigenvalue weighted by atomic mass is 32.2. The zero-order valence-electron chi connectivity index (χ0n) is 24.0. The van der Waals surface area contributed by atoms with Gasteiger partial charge in [0.15, 0.2) is 0 Å². The second-order valence-electron chi connectivity index (χ2n) is 10.2. The molecule has 0 aliphatic carbocycles. The van der Waals surface area contributed by atoms with Gasteiger partial charge in [0.2, 0.25) is 21.8 Å². The van der Waals surface area contributed by atoms with Crippen LogP contribution in [0.3, 0.4) is 0 Å². The lowest BCUT2D eigenvalue weighted by Gasteiger charge is -2.32. The van der Waals surface area contributed by atoms with E-state index < -0.39 is 16.1 Å². The standard InChI is InChI=1S/C32H41N3O4S/c1-5-21-33-32(37)30(23-27-13-7-6-8-14-27)34(24-28-19-17-25(2)18-20-28)31(36)16-11-22-35(40(4,38)39)29-15-10-9-12-26(29)3/h6-10,12-15,17-20,30H,5,11,16,21-24H2,1-4H3,(H,33,37)/t30-/m1/s1. The number of hydrogen-bond acceptors (Lipinski definition) is 4. The topological polar surface area (TPSA) is 86.8 Å². The maximum Gasteiger partial charge on any atom is 0.243 e. The van der Waals surface area contributed by atoms with Crippen LogP contribution < -0.4 is 9.62 Å². The van der Waals surface area contributed by atoms with Gasteiger partial charge in [0.05, 0.1) is 11.9 Å². The summed E-state index contributed by atoms with van der Waals surface area (Å²) in [5, 5.41) is 2.98. The van der Waals surface area contributed by atoms with Gasteiger partial charge in [-0.15, -0.1) is 0 Å². The minimum absolute atomic E-state index is 0.107. The van der Waals surface area contributed by atoms with Crippen LogP contribution in [0.2, 0.25) is 0 Å². The summed E-state index contributed by atoms with van der Waals surface area (Å²) in [6, 6.07) is 24.2. The molecular formula is C32H41N3O4S. The average molecular weight is 564 g/mol. The molecular weight excluding hydrogens is 522 g/mol. The van der Waals surface area contributed by atoms with E-state index in [2.05, 4.69) is 5.32 Å². The lowest BCUT2D eigenvalue weighted by molar-refractivity contribution is -0.141. The summed E-state index contributed by atoms with van der Waals surface area (Å²) in [5.74, 6) is -0.379. The molecule has 40 heavy (non-hydrogen) atoms. The maximum atomic E-state index is 13.8. The smallest absolute Gasteiger partial charge is 0.243 e. The van der Waals surface area contributed by atoms with Crippen molar-refractivity contribution < 1.29 is 18.0 Å². The molecule has 214 valence electrons. The van der Waals surface area contributed by atoms with Crippen molar-refractivity contribution in [3.05, 3.63) is 101 Å². The first-order valence-electron chi connectivity index (χ1n) is 13.8. The summed E-state index contributed by atoms with van der Waals surface area (Å²) < 4.78 is 26.6. The minimum atomic E-state index is -3.55. The van der Waals surface area contributed by atoms with Crippen LogP contribution in [0.25, 0.3) is 0 Å². The number of benzene rings is 3. The van der Waals surface area contributed by atoms with E-state index in [1.54, 1.807) is 17.0 Å². The third-order valence-corrected chi connectivity index (χ3v) is 8.01. The van der Waals surface area contributed by atoms with Crippen molar-refractivity contribution in [2.24, 2.45) is 0 Å². The quantitative estimate of drug-likeness (QED) is 0.299. The Morgan fingerprint density at radius 2 is 1.52 bits per heavy atom. The lowest BCUT2D eigenvalue weighted by atomic mass is 10.0. The fourth-order valence-electron chi connectivity index (χ4n) is 4.64. The molecule has 0 saturated carbocycles.